The van der Waals surface area contributed by atoms with Crippen LogP contribution >= 0.6 is 15.9 Å². The van der Waals surface area contributed by atoms with E-state index in [2.05, 4.69) is 15.9 Å². The van der Waals surface area contributed by atoms with E-state index >= 15 is 0 Å². The molecule has 1 aromatic rings. The second-order valence-corrected chi connectivity index (χ2v) is 5.58. The molecule has 0 aliphatic carbocycles. The fourth-order valence-electron chi connectivity index (χ4n) is 1.82. The summed E-state index contributed by atoms with van der Waals surface area (Å²) in [4.78, 5) is 11.1. The minimum absolute atomic E-state index is 0.00824. The van der Waals surface area contributed by atoms with Gasteiger partial charge in [-0.15, -0.1) is 0 Å². The molecule has 1 aromatic carbocycles. The molecular weight excluding hydrogens is 310 g/mol. The van der Waals surface area contributed by atoms with E-state index in [0.29, 0.717) is 18.6 Å². The quantitative estimate of drug-likeness (QED) is 0.806. The number of rotatable bonds is 7. The minimum atomic E-state index is -0.934. The Morgan fingerprint density at radius 1 is 1.53 bits per heavy atom. The first-order valence-electron chi connectivity index (χ1n) is 6.37. The lowest BCUT2D eigenvalue weighted by atomic mass is 10.1. The lowest BCUT2D eigenvalue weighted by Crippen LogP contribution is -2.27. The van der Waals surface area contributed by atoms with Gasteiger partial charge in [0, 0.05) is 10.5 Å². The van der Waals surface area contributed by atoms with Crippen LogP contribution in [0.2, 0.25) is 0 Å². The molecule has 2 unspecified atom stereocenters. The molecule has 4 nitrogen and oxygen atoms in total. The Balaban J connectivity index is 2.94. The molecule has 2 atom stereocenters. The number of hydrogen-bond donors (Lipinski definition) is 2. The standard InChI is InChI=1S/C14H20BrNO3/c1-3-4-13(14(17)18)19-12-6-5-11(15)8-10(12)7-9(2)16/h5-6,8-9,13H,3-4,7,16H2,1-2H3,(H,17,18). The van der Waals surface area contributed by atoms with Crippen LogP contribution in [-0.2, 0) is 11.2 Å². The number of benzene rings is 1. The second kappa shape index (κ2) is 7.50. The van der Waals surface area contributed by atoms with Gasteiger partial charge in [0.2, 0.25) is 0 Å². The van der Waals surface area contributed by atoms with Crippen LogP contribution < -0.4 is 10.5 Å². The number of ether oxygens (including phenoxy) is 1. The van der Waals surface area contributed by atoms with Gasteiger partial charge in [0.15, 0.2) is 6.10 Å². The number of nitrogens with two attached hydrogens (primary N) is 1. The molecule has 0 fully saturated rings. The highest BCUT2D eigenvalue weighted by atomic mass is 79.9. The summed E-state index contributed by atoms with van der Waals surface area (Å²) in [6, 6.07) is 5.54. The lowest BCUT2D eigenvalue weighted by Gasteiger charge is -2.18. The van der Waals surface area contributed by atoms with Gasteiger partial charge in [-0.05, 0) is 43.5 Å². The average Bonchev–Trinajstić information content (AvgIpc) is 2.30. The number of halogens is 1. The van der Waals surface area contributed by atoms with Gasteiger partial charge in [-0.3, -0.25) is 0 Å². The number of hydrogen-bond acceptors (Lipinski definition) is 3. The third kappa shape index (κ3) is 5.20. The van der Waals surface area contributed by atoms with Gasteiger partial charge in [0.05, 0.1) is 0 Å². The third-order valence-electron chi connectivity index (χ3n) is 2.66. The first-order chi connectivity index (χ1) is 8.93. The molecule has 0 saturated heterocycles. The van der Waals surface area contributed by atoms with Crippen LogP contribution in [0, 0.1) is 0 Å². The Hall–Kier alpha value is -1.07. The molecule has 5 heteroatoms. The van der Waals surface area contributed by atoms with Crippen LogP contribution in [0.15, 0.2) is 22.7 Å². The summed E-state index contributed by atoms with van der Waals surface area (Å²) in [5, 5.41) is 9.13. The zero-order valence-corrected chi connectivity index (χ0v) is 12.8. The van der Waals surface area contributed by atoms with E-state index in [0.717, 1.165) is 16.5 Å². The van der Waals surface area contributed by atoms with Crippen LogP contribution in [0.1, 0.15) is 32.3 Å². The fourth-order valence-corrected chi connectivity index (χ4v) is 2.23. The van der Waals surface area contributed by atoms with Gasteiger partial charge in [-0.25, -0.2) is 4.79 Å². The van der Waals surface area contributed by atoms with Gasteiger partial charge >= 0.3 is 5.97 Å². The minimum Gasteiger partial charge on any atom is -0.479 e. The summed E-state index contributed by atoms with van der Waals surface area (Å²) >= 11 is 3.40. The molecule has 1 rings (SSSR count). The van der Waals surface area contributed by atoms with E-state index in [-0.39, 0.29) is 6.04 Å². The smallest absolute Gasteiger partial charge is 0.344 e. The topological polar surface area (TPSA) is 72.5 Å². The fraction of sp³-hybridized carbons (Fsp3) is 0.500. The highest BCUT2D eigenvalue weighted by Gasteiger charge is 2.20. The van der Waals surface area contributed by atoms with Crippen LogP contribution in [0.5, 0.6) is 5.75 Å². The third-order valence-corrected chi connectivity index (χ3v) is 3.15. The van der Waals surface area contributed by atoms with Crippen LogP contribution in [0.4, 0.5) is 0 Å². The van der Waals surface area contributed by atoms with Crippen molar-refractivity contribution in [2.75, 3.05) is 0 Å². The number of carbonyl (C=O) groups is 1. The van der Waals surface area contributed by atoms with Gasteiger partial charge < -0.3 is 15.6 Å². The molecule has 0 spiro atoms. The Morgan fingerprint density at radius 2 is 2.21 bits per heavy atom. The molecule has 0 heterocycles. The van der Waals surface area contributed by atoms with E-state index in [1.165, 1.54) is 0 Å². The summed E-state index contributed by atoms with van der Waals surface area (Å²) in [5.41, 5.74) is 6.73. The molecule has 3 N–H and O–H groups in total. The number of aliphatic carboxylic acids is 1. The Bertz CT molecular complexity index is 435. The number of carboxylic acids is 1. The summed E-state index contributed by atoms with van der Waals surface area (Å²) in [6.45, 7) is 3.84. The molecule has 0 aromatic heterocycles. The van der Waals surface area contributed by atoms with E-state index in [9.17, 15) is 4.79 Å². The molecule has 0 bridgehead atoms. The molecule has 106 valence electrons. The second-order valence-electron chi connectivity index (χ2n) is 4.67. The highest BCUT2D eigenvalue weighted by molar-refractivity contribution is 9.10. The first-order valence-corrected chi connectivity index (χ1v) is 7.16. The molecule has 0 aliphatic heterocycles. The van der Waals surface area contributed by atoms with Crippen molar-refractivity contribution in [3.05, 3.63) is 28.2 Å². The van der Waals surface area contributed by atoms with E-state index in [1.807, 2.05) is 26.0 Å². The average molecular weight is 330 g/mol. The first kappa shape index (κ1) is 16.0. The lowest BCUT2D eigenvalue weighted by molar-refractivity contribution is -0.145. The van der Waals surface area contributed by atoms with Crippen molar-refractivity contribution >= 4 is 21.9 Å². The SMILES string of the molecule is CCCC(Oc1ccc(Br)cc1CC(C)N)C(=O)O. The zero-order valence-electron chi connectivity index (χ0n) is 11.2. The summed E-state index contributed by atoms with van der Waals surface area (Å²) in [6.07, 6.45) is 1.09. The molecule has 0 radical (unpaired) electrons. The molecule has 19 heavy (non-hydrogen) atoms. The monoisotopic (exact) mass is 329 g/mol. The van der Waals surface area contributed by atoms with Crippen molar-refractivity contribution in [2.45, 2.75) is 45.3 Å². The zero-order chi connectivity index (χ0) is 14.4. The predicted molar refractivity (Wildman–Crippen MR) is 78.5 cm³/mol. The Morgan fingerprint density at radius 3 is 2.74 bits per heavy atom. The highest BCUT2D eigenvalue weighted by Crippen LogP contribution is 2.26. The van der Waals surface area contributed by atoms with Crippen molar-refractivity contribution in [2.24, 2.45) is 5.73 Å². The normalized spacial score (nSPS) is 13.9. The Kier molecular flexibility index (Phi) is 6.31. The van der Waals surface area contributed by atoms with Crippen LogP contribution in [0.25, 0.3) is 0 Å². The van der Waals surface area contributed by atoms with E-state index in [1.54, 1.807) is 6.07 Å². The molecule has 0 saturated carbocycles. The van der Waals surface area contributed by atoms with E-state index in [4.69, 9.17) is 15.6 Å². The summed E-state index contributed by atoms with van der Waals surface area (Å²) < 4.78 is 6.56. The van der Waals surface area contributed by atoms with Gasteiger partial charge in [-0.2, -0.15) is 0 Å². The maximum absolute atomic E-state index is 11.1. The van der Waals surface area contributed by atoms with Crippen LogP contribution in [0.3, 0.4) is 0 Å². The van der Waals surface area contributed by atoms with Crippen molar-refractivity contribution in [1.82, 2.24) is 0 Å². The molecule has 0 amide bonds. The van der Waals surface area contributed by atoms with Gasteiger partial charge in [-0.1, -0.05) is 29.3 Å². The van der Waals surface area contributed by atoms with Crippen molar-refractivity contribution < 1.29 is 14.6 Å². The maximum Gasteiger partial charge on any atom is 0.344 e. The van der Waals surface area contributed by atoms with Crippen LogP contribution in [-0.4, -0.2) is 23.2 Å². The van der Waals surface area contributed by atoms with E-state index < -0.39 is 12.1 Å². The van der Waals surface area contributed by atoms with Crippen molar-refractivity contribution in [3.8, 4) is 5.75 Å². The van der Waals surface area contributed by atoms with Crippen molar-refractivity contribution in [1.29, 1.82) is 0 Å². The summed E-state index contributed by atoms with van der Waals surface area (Å²) in [5.74, 6) is -0.335. The number of carboxylic acid groups (broad SMARTS) is 1. The maximum atomic E-state index is 11.1. The Labute approximate surface area is 122 Å². The molecular formula is C14H20BrNO3. The molecule has 0 aliphatic rings. The largest absolute Gasteiger partial charge is 0.479 e. The van der Waals surface area contributed by atoms with Gasteiger partial charge in [0.25, 0.3) is 0 Å². The summed E-state index contributed by atoms with van der Waals surface area (Å²) in [7, 11) is 0. The predicted octanol–water partition coefficient (Wildman–Crippen LogP) is 2.97. The van der Waals surface area contributed by atoms with Gasteiger partial charge in [0.1, 0.15) is 5.75 Å². The van der Waals surface area contributed by atoms with Crippen molar-refractivity contribution in [3.63, 3.8) is 0 Å².